The standard InChI is InChI=1S/C23H20F3N3/c24-23(25,26)20-14-8-7-11-18(20)15-27-22-28-21(17-9-3-1-4-10-17)16-29(22)19-12-5-2-6-13-19/h1-14,21H,15-16H2,(H,27,28)/t21-/m0/s1. The molecule has 1 N–H and O–H groups in total. The fourth-order valence-corrected chi connectivity index (χ4v) is 3.47. The van der Waals surface area contributed by atoms with E-state index in [2.05, 4.69) is 5.32 Å². The molecule has 3 aromatic rings. The number of para-hydroxylation sites is 1. The van der Waals surface area contributed by atoms with Gasteiger partial charge in [0.25, 0.3) is 0 Å². The van der Waals surface area contributed by atoms with Crippen LogP contribution in [0.25, 0.3) is 0 Å². The van der Waals surface area contributed by atoms with Gasteiger partial charge in [-0.05, 0) is 29.3 Å². The highest BCUT2D eigenvalue weighted by Crippen LogP contribution is 2.32. The van der Waals surface area contributed by atoms with Crippen molar-refractivity contribution >= 4 is 11.6 Å². The Morgan fingerprint density at radius 3 is 2.17 bits per heavy atom. The molecular formula is C23H20F3N3. The van der Waals surface area contributed by atoms with Gasteiger partial charge in [-0.3, -0.25) is 0 Å². The van der Waals surface area contributed by atoms with Crippen LogP contribution in [0.3, 0.4) is 0 Å². The number of hydrogen-bond donors (Lipinski definition) is 1. The van der Waals surface area contributed by atoms with Gasteiger partial charge >= 0.3 is 6.18 Å². The summed E-state index contributed by atoms with van der Waals surface area (Å²) < 4.78 is 39.9. The second kappa shape index (κ2) is 7.99. The minimum Gasteiger partial charge on any atom is -0.352 e. The molecule has 3 aromatic carbocycles. The number of nitrogens with one attached hydrogen (secondary N) is 1. The second-order valence-corrected chi connectivity index (χ2v) is 6.83. The molecule has 1 atom stereocenters. The van der Waals surface area contributed by atoms with Crippen LogP contribution in [0.1, 0.15) is 22.7 Å². The normalized spacial score (nSPS) is 16.6. The van der Waals surface area contributed by atoms with Crippen LogP contribution in [0, 0.1) is 0 Å². The molecule has 3 nitrogen and oxygen atoms in total. The smallest absolute Gasteiger partial charge is 0.352 e. The van der Waals surface area contributed by atoms with E-state index in [9.17, 15) is 13.2 Å². The summed E-state index contributed by atoms with van der Waals surface area (Å²) in [6.07, 6.45) is -4.39. The number of guanidine groups is 1. The third-order valence-corrected chi connectivity index (χ3v) is 4.90. The van der Waals surface area contributed by atoms with Crippen molar-refractivity contribution < 1.29 is 13.2 Å². The summed E-state index contributed by atoms with van der Waals surface area (Å²) in [5, 5.41) is 3.13. The van der Waals surface area contributed by atoms with Crippen LogP contribution in [-0.2, 0) is 12.7 Å². The summed E-state index contributed by atoms with van der Waals surface area (Å²) in [5.41, 5.74) is 1.58. The number of hydrogen-bond acceptors (Lipinski definition) is 3. The Morgan fingerprint density at radius 1 is 0.862 bits per heavy atom. The zero-order chi connectivity index (χ0) is 20.3. The third-order valence-electron chi connectivity index (χ3n) is 4.90. The molecule has 0 saturated carbocycles. The molecule has 0 aliphatic carbocycles. The van der Waals surface area contributed by atoms with Crippen LogP contribution in [0.15, 0.2) is 89.9 Å². The molecule has 0 saturated heterocycles. The minimum atomic E-state index is -4.39. The summed E-state index contributed by atoms with van der Waals surface area (Å²) in [6, 6.07) is 25.2. The van der Waals surface area contributed by atoms with Crippen LogP contribution >= 0.6 is 0 Å². The van der Waals surface area contributed by atoms with E-state index in [-0.39, 0.29) is 18.2 Å². The average Bonchev–Trinajstić information content (AvgIpc) is 3.17. The molecule has 1 aliphatic heterocycles. The Bertz CT molecular complexity index is 985. The SMILES string of the molecule is FC(F)(F)c1ccccc1CNC1=N[C@H](c2ccccc2)CN1c1ccccc1. The van der Waals surface area contributed by atoms with Gasteiger partial charge in [0, 0.05) is 12.2 Å². The summed E-state index contributed by atoms with van der Waals surface area (Å²) in [5.74, 6) is 0.571. The van der Waals surface area contributed by atoms with Gasteiger partial charge in [0.05, 0.1) is 18.2 Å². The Kier molecular flexibility index (Phi) is 5.25. The van der Waals surface area contributed by atoms with Gasteiger partial charge in [-0.25, -0.2) is 4.99 Å². The molecule has 29 heavy (non-hydrogen) atoms. The molecule has 1 aliphatic rings. The van der Waals surface area contributed by atoms with Crippen molar-refractivity contribution in [3.05, 3.63) is 102 Å². The van der Waals surface area contributed by atoms with Crippen molar-refractivity contribution in [2.75, 3.05) is 11.4 Å². The lowest BCUT2D eigenvalue weighted by molar-refractivity contribution is -0.138. The topological polar surface area (TPSA) is 27.6 Å². The molecule has 148 valence electrons. The zero-order valence-corrected chi connectivity index (χ0v) is 15.6. The van der Waals surface area contributed by atoms with E-state index in [0.717, 1.165) is 17.3 Å². The summed E-state index contributed by atoms with van der Waals surface area (Å²) in [4.78, 5) is 6.78. The lowest BCUT2D eigenvalue weighted by Crippen LogP contribution is -2.38. The number of benzene rings is 3. The largest absolute Gasteiger partial charge is 0.416 e. The maximum absolute atomic E-state index is 13.3. The molecule has 0 fully saturated rings. The quantitative estimate of drug-likeness (QED) is 0.639. The van der Waals surface area contributed by atoms with E-state index in [4.69, 9.17) is 4.99 Å². The first kappa shape index (κ1) is 19.1. The highest BCUT2D eigenvalue weighted by Gasteiger charge is 2.33. The average molecular weight is 395 g/mol. The number of aliphatic imine (C=N–C) groups is 1. The van der Waals surface area contributed by atoms with Gasteiger partial charge in [0.2, 0.25) is 0 Å². The first-order chi connectivity index (χ1) is 14.0. The zero-order valence-electron chi connectivity index (χ0n) is 15.6. The van der Waals surface area contributed by atoms with E-state index < -0.39 is 11.7 Å². The Balaban J connectivity index is 1.61. The molecule has 0 aromatic heterocycles. The minimum absolute atomic E-state index is 0.0410. The lowest BCUT2D eigenvalue weighted by atomic mass is 10.1. The van der Waals surface area contributed by atoms with Crippen molar-refractivity contribution in [2.24, 2.45) is 4.99 Å². The van der Waals surface area contributed by atoms with Gasteiger partial charge in [-0.2, -0.15) is 13.2 Å². The van der Waals surface area contributed by atoms with Crippen molar-refractivity contribution in [3.63, 3.8) is 0 Å². The van der Waals surface area contributed by atoms with E-state index >= 15 is 0 Å². The van der Waals surface area contributed by atoms with Crippen molar-refractivity contribution in [1.82, 2.24) is 5.32 Å². The maximum atomic E-state index is 13.3. The Labute approximate surface area is 167 Å². The lowest BCUT2D eigenvalue weighted by Gasteiger charge is -2.22. The van der Waals surface area contributed by atoms with E-state index in [1.54, 1.807) is 6.07 Å². The molecule has 1 heterocycles. The number of alkyl halides is 3. The van der Waals surface area contributed by atoms with Crippen LogP contribution in [-0.4, -0.2) is 12.5 Å². The number of anilines is 1. The highest BCUT2D eigenvalue weighted by atomic mass is 19.4. The molecule has 0 amide bonds. The monoisotopic (exact) mass is 395 g/mol. The Morgan fingerprint density at radius 2 is 1.48 bits per heavy atom. The van der Waals surface area contributed by atoms with E-state index in [1.165, 1.54) is 12.1 Å². The Hall–Kier alpha value is -3.28. The number of halogens is 3. The molecule has 0 radical (unpaired) electrons. The van der Waals surface area contributed by atoms with Gasteiger partial charge < -0.3 is 10.2 Å². The van der Waals surface area contributed by atoms with Crippen molar-refractivity contribution in [2.45, 2.75) is 18.8 Å². The highest BCUT2D eigenvalue weighted by molar-refractivity contribution is 5.98. The summed E-state index contributed by atoms with van der Waals surface area (Å²) >= 11 is 0. The van der Waals surface area contributed by atoms with Crippen LogP contribution in [0.5, 0.6) is 0 Å². The summed E-state index contributed by atoms with van der Waals surface area (Å²) in [6.45, 7) is 0.663. The molecule has 4 rings (SSSR count). The van der Waals surface area contributed by atoms with Crippen molar-refractivity contribution in [3.8, 4) is 0 Å². The van der Waals surface area contributed by atoms with Crippen LogP contribution < -0.4 is 10.2 Å². The number of rotatable bonds is 4. The summed E-state index contributed by atoms with van der Waals surface area (Å²) in [7, 11) is 0. The van der Waals surface area contributed by atoms with Gasteiger partial charge in [0.15, 0.2) is 5.96 Å². The first-order valence-electron chi connectivity index (χ1n) is 9.36. The fraction of sp³-hybridized carbons (Fsp3) is 0.174. The van der Waals surface area contributed by atoms with Crippen LogP contribution in [0.2, 0.25) is 0 Å². The molecule has 6 heteroatoms. The molecular weight excluding hydrogens is 375 g/mol. The molecule has 0 bridgehead atoms. The second-order valence-electron chi connectivity index (χ2n) is 6.83. The predicted molar refractivity (Wildman–Crippen MR) is 109 cm³/mol. The number of nitrogens with zero attached hydrogens (tertiary/aromatic N) is 2. The first-order valence-corrected chi connectivity index (χ1v) is 9.36. The van der Waals surface area contributed by atoms with Gasteiger partial charge in [-0.15, -0.1) is 0 Å². The van der Waals surface area contributed by atoms with E-state index in [0.29, 0.717) is 12.5 Å². The van der Waals surface area contributed by atoms with Crippen LogP contribution in [0.4, 0.5) is 18.9 Å². The van der Waals surface area contributed by atoms with Crippen molar-refractivity contribution in [1.29, 1.82) is 0 Å². The molecule has 0 unspecified atom stereocenters. The van der Waals surface area contributed by atoms with Gasteiger partial charge in [0.1, 0.15) is 0 Å². The van der Waals surface area contributed by atoms with E-state index in [1.807, 2.05) is 65.6 Å². The molecule has 0 spiro atoms. The van der Waals surface area contributed by atoms with Gasteiger partial charge in [-0.1, -0.05) is 66.7 Å². The third kappa shape index (κ3) is 4.26. The maximum Gasteiger partial charge on any atom is 0.416 e. The predicted octanol–water partition coefficient (Wildman–Crippen LogP) is 5.41. The fourth-order valence-electron chi connectivity index (χ4n) is 3.47.